The van der Waals surface area contributed by atoms with Gasteiger partial charge in [-0.2, -0.15) is 0 Å². The van der Waals surface area contributed by atoms with Gasteiger partial charge in [0.25, 0.3) is 5.91 Å². The molecule has 0 aliphatic heterocycles. The van der Waals surface area contributed by atoms with Gasteiger partial charge in [0.2, 0.25) is 5.91 Å². The Morgan fingerprint density at radius 3 is 2.48 bits per heavy atom. The molecule has 1 rings (SSSR count). The quantitative estimate of drug-likeness (QED) is 0.533. The Kier molecular flexibility index (Phi) is 4.85. The van der Waals surface area contributed by atoms with Crippen LogP contribution < -0.4 is 16.4 Å². The van der Waals surface area contributed by atoms with Gasteiger partial charge in [0, 0.05) is 6.54 Å². The number of rotatable bonds is 6. The number of anilines is 1. The summed E-state index contributed by atoms with van der Waals surface area (Å²) in [6.07, 6.45) is 0. The van der Waals surface area contributed by atoms with E-state index in [4.69, 9.17) is 5.73 Å². The van der Waals surface area contributed by atoms with Gasteiger partial charge >= 0.3 is 5.69 Å². The fourth-order valence-electron chi connectivity index (χ4n) is 1.67. The molecule has 0 aliphatic carbocycles. The van der Waals surface area contributed by atoms with Crippen LogP contribution in [0, 0.1) is 10.1 Å². The molecule has 2 amide bonds. The number of nitrogens with one attached hydrogen (secondary N) is 2. The van der Waals surface area contributed by atoms with Crippen LogP contribution in [0.2, 0.25) is 0 Å². The molecule has 8 nitrogen and oxygen atoms in total. The second-order valence-corrected chi connectivity index (χ2v) is 4.93. The Hall–Kier alpha value is -2.64. The summed E-state index contributed by atoms with van der Waals surface area (Å²) in [7, 11) is 0. The molecule has 1 aromatic rings. The zero-order chi connectivity index (χ0) is 16.2. The van der Waals surface area contributed by atoms with Crippen molar-refractivity contribution < 1.29 is 14.5 Å². The summed E-state index contributed by atoms with van der Waals surface area (Å²) in [4.78, 5) is 34.0. The first-order chi connectivity index (χ1) is 9.70. The second kappa shape index (κ2) is 6.21. The van der Waals surface area contributed by atoms with Crippen LogP contribution in [-0.2, 0) is 4.79 Å². The van der Waals surface area contributed by atoms with Crippen molar-refractivity contribution >= 4 is 23.2 Å². The van der Waals surface area contributed by atoms with E-state index in [1.807, 2.05) is 0 Å². The number of hydrogen-bond acceptors (Lipinski definition) is 5. The SMILES string of the molecule is CCNc1cccc(C(=O)NC(C)(C)C(N)=O)c1[N+](=O)[O-]. The van der Waals surface area contributed by atoms with E-state index in [-0.39, 0.29) is 16.9 Å². The maximum atomic E-state index is 12.2. The molecule has 114 valence electrons. The summed E-state index contributed by atoms with van der Waals surface area (Å²) in [5.74, 6) is -1.47. The van der Waals surface area contributed by atoms with Crippen LogP contribution in [0.4, 0.5) is 11.4 Å². The summed E-state index contributed by atoms with van der Waals surface area (Å²) < 4.78 is 0. The van der Waals surface area contributed by atoms with Gasteiger partial charge in [-0.1, -0.05) is 6.07 Å². The van der Waals surface area contributed by atoms with E-state index in [0.717, 1.165) is 0 Å². The van der Waals surface area contributed by atoms with E-state index in [9.17, 15) is 19.7 Å². The molecule has 0 radical (unpaired) electrons. The molecule has 0 aromatic heterocycles. The van der Waals surface area contributed by atoms with E-state index in [2.05, 4.69) is 10.6 Å². The summed E-state index contributed by atoms with van der Waals surface area (Å²) >= 11 is 0. The maximum Gasteiger partial charge on any atom is 0.305 e. The molecule has 0 fully saturated rings. The van der Waals surface area contributed by atoms with E-state index in [1.54, 1.807) is 6.92 Å². The zero-order valence-electron chi connectivity index (χ0n) is 12.1. The molecule has 0 atom stereocenters. The third kappa shape index (κ3) is 3.68. The van der Waals surface area contributed by atoms with Crippen LogP contribution >= 0.6 is 0 Å². The highest BCUT2D eigenvalue weighted by atomic mass is 16.6. The molecule has 1 aromatic carbocycles. The van der Waals surface area contributed by atoms with Crippen molar-refractivity contribution in [1.29, 1.82) is 0 Å². The predicted octanol–water partition coefficient (Wildman–Crippen LogP) is 1.02. The number of nitro benzene ring substituents is 1. The lowest BCUT2D eigenvalue weighted by molar-refractivity contribution is -0.384. The third-order valence-electron chi connectivity index (χ3n) is 2.87. The molecule has 0 bridgehead atoms. The first kappa shape index (κ1) is 16.4. The molecule has 0 saturated heterocycles. The Morgan fingerprint density at radius 1 is 1.38 bits per heavy atom. The van der Waals surface area contributed by atoms with Crippen molar-refractivity contribution in [3.63, 3.8) is 0 Å². The topological polar surface area (TPSA) is 127 Å². The zero-order valence-corrected chi connectivity index (χ0v) is 12.1. The Balaban J connectivity index is 3.24. The lowest BCUT2D eigenvalue weighted by Crippen LogP contribution is -2.53. The average molecular weight is 294 g/mol. The average Bonchev–Trinajstić information content (AvgIpc) is 2.37. The van der Waals surface area contributed by atoms with Crippen LogP contribution in [0.5, 0.6) is 0 Å². The second-order valence-electron chi connectivity index (χ2n) is 4.93. The van der Waals surface area contributed by atoms with E-state index in [0.29, 0.717) is 6.54 Å². The number of benzene rings is 1. The van der Waals surface area contributed by atoms with Gasteiger partial charge in [0.05, 0.1) is 4.92 Å². The first-order valence-electron chi connectivity index (χ1n) is 6.34. The molecule has 0 aliphatic rings. The number of nitro groups is 1. The number of para-hydroxylation sites is 1. The standard InChI is InChI=1S/C13H18N4O4/c1-4-15-9-7-5-6-8(10(9)17(20)21)11(18)16-13(2,3)12(14)19/h5-7,15H,4H2,1-3H3,(H2,14,19)(H,16,18). The number of amides is 2. The number of nitrogens with zero attached hydrogens (tertiary/aromatic N) is 1. The molecule has 4 N–H and O–H groups in total. The van der Waals surface area contributed by atoms with Gasteiger partial charge < -0.3 is 16.4 Å². The number of primary amides is 1. The summed E-state index contributed by atoms with van der Waals surface area (Å²) in [5, 5.41) is 16.4. The van der Waals surface area contributed by atoms with Crippen molar-refractivity contribution in [2.24, 2.45) is 5.73 Å². The van der Waals surface area contributed by atoms with Crippen molar-refractivity contribution in [3.8, 4) is 0 Å². The smallest absolute Gasteiger partial charge is 0.305 e. The fourth-order valence-corrected chi connectivity index (χ4v) is 1.67. The maximum absolute atomic E-state index is 12.2. The lowest BCUT2D eigenvalue weighted by atomic mass is 10.0. The van der Waals surface area contributed by atoms with Crippen LogP contribution in [-0.4, -0.2) is 28.8 Å². The normalized spacial score (nSPS) is 10.8. The Bertz CT molecular complexity index is 584. The minimum absolute atomic E-state index is 0.132. The van der Waals surface area contributed by atoms with Crippen molar-refractivity contribution in [2.45, 2.75) is 26.3 Å². The van der Waals surface area contributed by atoms with Gasteiger partial charge in [0.15, 0.2) is 0 Å². The van der Waals surface area contributed by atoms with Gasteiger partial charge in [-0.25, -0.2) is 0 Å². The number of nitrogens with two attached hydrogens (primary N) is 1. The van der Waals surface area contributed by atoms with E-state index in [1.165, 1.54) is 32.0 Å². The highest BCUT2D eigenvalue weighted by molar-refractivity contribution is 6.03. The Morgan fingerprint density at radius 2 is 2.00 bits per heavy atom. The third-order valence-corrected chi connectivity index (χ3v) is 2.87. The van der Waals surface area contributed by atoms with Crippen molar-refractivity contribution in [3.05, 3.63) is 33.9 Å². The molecule has 21 heavy (non-hydrogen) atoms. The number of hydrogen-bond donors (Lipinski definition) is 3. The van der Waals surface area contributed by atoms with Crippen molar-refractivity contribution in [1.82, 2.24) is 5.32 Å². The van der Waals surface area contributed by atoms with E-state index >= 15 is 0 Å². The summed E-state index contributed by atoms with van der Waals surface area (Å²) in [6, 6.07) is 4.36. The molecule has 0 saturated carbocycles. The molecular weight excluding hydrogens is 276 g/mol. The van der Waals surface area contributed by atoms with Crippen LogP contribution in [0.3, 0.4) is 0 Å². The van der Waals surface area contributed by atoms with Gasteiger partial charge in [-0.3, -0.25) is 19.7 Å². The van der Waals surface area contributed by atoms with Crippen LogP contribution in [0.25, 0.3) is 0 Å². The minimum atomic E-state index is -1.31. The molecule has 0 heterocycles. The van der Waals surface area contributed by atoms with E-state index < -0.39 is 22.3 Å². The molecule has 8 heteroatoms. The van der Waals surface area contributed by atoms with Crippen LogP contribution in [0.15, 0.2) is 18.2 Å². The molecule has 0 spiro atoms. The Labute approximate surface area is 121 Å². The van der Waals surface area contributed by atoms with Crippen LogP contribution in [0.1, 0.15) is 31.1 Å². The lowest BCUT2D eigenvalue weighted by Gasteiger charge is -2.22. The predicted molar refractivity (Wildman–Crippen MR) is 78.0 cm³/mol. The van der Waals surface area contributed by atoms with Gasteiger partial charge in [-0.05, 0) is 32.9 Å². The molecule has 0 unspecified atom stereocenters. The summed E-state index contributed by atoms with van der Waals surface area (Å²) in [6.45, 7) is 5.10. The monoisotopic (exact) mass is 294 g/mol. The highest BCUT2D eigenvalue weighted by Crippen LogP contribution is 2.28. The van der Waals surface area contributed by atoms with Crippen molar-refractivity contribution in [2.75, 3.05) is 11.9 Å². The number of carbonyl (C=O) groups is 2. The fraction of sp³-hybridized carbons (Fsp3) is 0.385. The minimum Gasteiger partial charge on any atom is -0.380 e. The van der Waals surface area contributed by atoms with Gasteiger partial charge in [0.1, 0.15) is 16.8 Å². The summed E-state index contributed by atoms with van der Waals surface area (Å²) in [5.41, 5.74) is 3.64. The highest BCUT2D eigenvalue weighted by Gasteiger charge is 2.31. The largest absolute Gasteiger partial charge is 0.380 e. The number of carbonyl (C=O) groups excluding carboxylic acids is 2. The first-order valence-corrected chi connectivity index (χ1v) is 6.34. The van der Waals surface area contributed by atoms with Gasteiger partial charge in [-0.15, -0.1) is 0 Å². The molecular formula is C13H18N4O4.